The molecule has 1 atom stereocenters. The maximum atomic E-state index is 10.8. The van der Waals surface area contributed by atoms with Crippen LogP contribution in [0.3, 0.4) is 0 Å². The summed E-state index contributed by atoms with van der Waals surface area (Å²) in [7, 11) is 1.69. The van der Waals surface area contributed by atoms with Crippen molar-refractivity contribution in [1.82, 2.24) is 5.32 Å². The fourth-order valence-corrected chi connectivity index (χ4v) is 1.14. The van der Waals surface area contributed by atoms with Crippen molar-refractivity contribution in [1.29, 1.82) is 0 Å². The van der Waals surface area contributed by atoms with Crippen LogP contribution in [0.15, 0.2) is 0 Å². The monoisotopic (exact) mass is 157 g/mol. The van der Waals surface area contributed by atoms with Gasteiger partial charge in [0.05, 0.1) is 0 Å². The molecule has 0 saturated heterocycles. The van der Waals surface area contributed by atoms with Gasteiger partial charge in [0.15, 0.2) is 0 Å². The Hall–Kier alpha value is -0.530. The molecule has 0 heterocycles. The predicted octanol–water partition coefficient (Wildman–Crippen LogP) is 1.95. The Morgan fingerprint density at radius 2 is 2.09 bits per heavy atom. The van der Waals surface area contributed by atoms with Crippen molar-refractivity contribution in [2.75, 3.05) is 7.05 Å². The van der Waals surface area contributed by atoms with Gasteiger partial charge in [-0.3, -0.25) is 4.79 Å². The van der Waals surface area contributed by atoms with Gasteiger partial charge in [0.1, 0.15) is 0 Å². The van der Waals surface area contributed by atoms with Crippen molar-refractivity contribution in [3.05, 3.63) is 0 Å². The van der Waals surface area contributed by atoms with Gasteiger partial charge in [-0.25, -0.2) is 0 Å². The van der Waals surface area contributed by atoms with E-state index in [2.05, 4.69) is 19.2 Å². The summed E-state index contributed by atoms with van der Waals surface area (Å²) in [5.74, 6) is 0.852. The van der Waals surface area contributed by atoms with Crippen LogP contribution in [0.1, 0.15) is 39.5 Å². The topological polar surface area (TPSA) is 29.1 Å². The summed E-state index contributed by atoms with van der Waals surface area (Å²) in [5, 5.41) is 2.62. The molecular formula is C9H19NO. The van der Waals surface area contributed by atoms with Crippen LogP contribution >= 0.6 is 0 Å². The standard InChI is InChI=1S/C9H19NO/c1-4-5-8(2)6-7-9(11)10-3/h8H,4-7H2,1-3H3,(H,10,11)/t8-/m0/s1. The van der Waals surface area contributed by atoms with Gasteiger partial charge in [-0.05, 0) is 12.3 Å². The van der Waals surface area contributed by atoms with E-state index in [4.69, 9.17) is 0 Å². The summed E-state index contributed by atoms with van der Waals surface area (Å²) in [4.78, 5) is 10.8. The minimum absolute atomic E-state index is 0.160. The first-order chi connectivity index (χ1) is 5.20. The quantitative estimate of drug-likeness (QED) is 0.649. The van der Waals surface area contributed by atoms with Crippen molar-refractivity contribution in [3.63, 3.8) is 0 Å². The van der Waals surface area contributed by atoms with Gasteiger partial charge in [0, 0.05) is 13.5 Å². The maximum Gasteiger partial charge on any atom is 0.219 e. The van der Waals surface area contributed by atoms with E-state index < -0.39 is 0 Å². The first-order valence-corrected chi connectivity index (χ1v) is 4.41. The summed E-state index contributed by atoms with van der Waals surface area (Å²) in [5.41, 5.74) is 0. The number of hydrogen-bond donors (Lipinski definition) is 1. The van der Waals surface area contributed by atoms with Gasteiger partial charge < -0.3 is 5.32 Å². The fourth-order valence-electron chi connectivity index (χ4n) is 1.14. The second-order valence-corrected chi connectivity index (χ2v) is 3.11. The lowest BCUT2D eigenvalue weighted by atomic mass is 10.0. The minimum Gasteiger partial charge on any atom is -0.359 e. The Bertz CT molecular complexity index is 112. The molecular weight excluding hydrogens is 138 g/mol. The molecule has 0 unspecified atom stereocenters. The van der Waals surface area contributed by atoms with Gasteiger partial charge >= 0.3 is 0 Å². The summed E-state index contributed by atoms with van der Waals surface area (Å²) >= 11 is 0. The Morgan fingerprint density at radius 3 is 2.55 bits per heavy atom. The molecule has 0 rings (SSSR count). The average Bonchev–Trinajstić information content (AvgIpc) is 2.01. The lowest BCUT2D eigenvalue weighted by molar-refractivity contribution is -0.120. The largest absolute Gasteiger partial charge is 0.359 e. The zero-order valence-corrected chi connectivity index (χ0v) is 7.81. The Morgan fingerprint density at radius 1 is 1.45 bits per heavy atom. The molecule has 0 aromatic carbocycles. The van der Waals surface area contributed by atoms with Crippen LogP contribution in [-0.4, -0.2) is 13.0 Å². The molecule has 0 spiro atoms. The van der Waals surface area contributed by atoms with Gasteiger partial charge in [-0.15, -0.1) is 0 Å². The van der Waals surface area contributed by atoms with Crippen molar-refractivity contribution in [2.45, 2.75) is 39.5 Å². The molecule has 2 nitrogen and oxygen atoms in total. The minimum atomic E-state index is 0.160. The van der Waals surface area contributed by atoms with E-state index in [1.807, 2.05) is 0 Å². The maximum absolute atomic E-state index is 10.8. The number of hydrogen-bond acceptors (Lipinski definition) is 1. The van der Waals surface area contributed by atoms with Crippen LogP contribution in [0.5, 0.6) is 0 Å². The molecule has 11 heavy (non-hydrogen) atoms. The number of rotatable bonds is 5. The van der Waals surface area contributed by atoms with E-state index in [9.17, 15) is 4.79 Å². The molecule has 1 N–H and O–H groups in total. The third-order valence-corrected chi connectivity index (χ3v) is 1.92. The Kier molecular flexibility index (Phi) is 5.90. The van der Waals surface area contributed by atoms with E-state index in [1.54, 1.807) is 7.05 Å². The number of carbonyl (C=O) groups excluding carboxylic acids is 1. The molecule has 1 amide bonds. The summed E-state index contributed by atoms with van der Waals surface area (Å²) in [6.45, 7) is 4.38. The predicted molar refractivity (Wildman–Crippen MR) is 47.4 cm³/mol. The molecule has 0 aliphatic carbocycles. The van der Waals surface area contributed by atoms with Crippen LogP contribution in [-0.2, 0) is 4.79 Å². The molecule has 0 aromatic heterocycles. The first-order valence-electron chi connectivity index (χ1n) is 4.41. The highest BCUT2D eigenvalue weighted by Gasteiger charge is 2.03. The zero-order chi connectivity index (χ0) is 8.69. The van der Waals surface area contributed by atoms with Crippen molar-refractivity contribution in [3.8, 4) is 0 Å². The van der Waals surface area contributed by atoms with E-state index in [0.29, 0.717) is 12.3 Å². The summed E-state index contributed by atoms with van der Waals surface area (Å²) in [6.07, 6.45) is 4.15. The van der Waals surface area contributed by atoms with E-state index >= 15 is 0 Å². The molecule has 0 radical (unpaired) electrons. The molecule has 0 aromatic rings. The molecule has 0 aliphatic rings. The van der Waals surface area contributed by atoms with Gasteiger partial charge in [0.25, 0.3) is 0 Å². The normalized spacial score (nSPS) is 12.6. The Balaban J connectivity index is 3.29. The van der Waals surface area contributed by atoms with Crippen LogP contribution in [0.4, 0.5) is 0 Å². The highest BCUT2D eigenvalue weighted by atomic mass is 16.1. The van der Waals surface area contributed by atoms with E-state index in [0.717, 1.165) is 6.42 Å². The SMILES string of the molecule is CCC[C@H](C)CCC(=O)NC. The summed E-state index contributed by atoms with van der Waals surface area (Å²) in [6, 6.07) is 0. The lowest BCUT2D eigenvalue weighted by Crippen LogP contribution is -2.18. The first kappa shape index (κ1) is 10.5. The number of nitrogens with one attached hydrogen (secondary N) is 1. The van der Waals surface area contributed by atoms with Crippen LogP contribution in [0, 0.1) is 5.92 Å². The zero-order valence-electron chi connectivity index (χ0n) is 7.81. The third-order valence-electron chi connectivity index (χ3n) is 1.92. The molecule has 0 saturated carbocycles. The molecule has 2 heteroatoms. The van der Waals surface area contributed by atoms with Crippen LogP contribution in [0.25, 0.3) is 0 Å². The molecule has 66 valence electrons. The van der Waals surface area contributed by atoms with Crippen LogP contribution in [0.2, 0.25) is 0 Å². The van der Waals surface area contributed by atoms with Gasteiger partial charge in [-0.2, -0.15) is 0 Å². The van der Waals surface area contributed by atoms with Crippen molar-refractivity contribution < 1.29 is 4.79 Å². The van der Waals surface area contributed by atoms with E-state index in [-0.39, 0.29) is 5.91 Å². The summed E-state index contributed by atoms with van der Waals surface area (Å²) < 4.78 is 0. The highest BCUT2D eigenvalue weighted by molar-refractivity contribution is 5.75. The molecule has 0 aliphatic heterocycles. The highest BCUT2D eigenvalue weighted by Crippen LogP contribution is 2.11. The third kappa shape index (κ3) is 5.89. The smallest absolute Gasteiger partial charge is 0.219 e. The average molecular weight is 157 g/mol. The Labute approximate surface area is 69.4 Å². The fraction of sp³-hybridized carbons (Fsp3) is 0.889. The second kappa shape index (κ2) is 6.20. The second-order valence-electron chi connectivity index (χ2n) is 3.11. The van der Waals surface area contributed by atoms with Gasteiger partial charge in [0.2, 0.25) is 5.91 Å². The van der Waals surface area contributed by atoms with E-state index in [1.165, 1.54) is 12.8 Å². The van der Waals surface area contributed by atoms with Gasteiger partial charge in [-0.1, -0.05) is 26.7 Å². The van der Waals surface area contributed by atoms with Crippen LogP contribution < -0.4 is 5.32 Å². The van der Waals surface area contributed by atoms with Crippen molar-refractivity contribution >= 4 is 5.91 Å². The number of amides is 1. The molecule has 0 fully saturated rings. The number of carbonyl (C=O) groups is 1. The molecule has 0 bridgehead atoms. The van der Waals surface area contributed by atoms with Crippen molar-refractivity contribution in [2.24, 2.45) is 5.92 Å². The lowest BCUT2D eigenvalue weighted by Gasteiger charge is -2.07.